The van der Waals surface area contributed by atoms with Crippen LogP contribution in [0.4, 0.5) is 0 Å². The number of ketones is 1. The van der Waals surface area contributed by atoms with E-state index in [4.69, 9.17) is 20.6 Å². The third-order valence-corrected chi connectivity index (χ3v) is 2.00. The van der Waals surface area contributed by atoms with Crippen molar-refractivity contribution in [3.63, 3.8) is 0 Å². The van der Waals surface area contributed by atoms with Gasteiger partial charge in [-0.05, 0) is 12.5 Å². The molecule has 0 saturated heterocycles. The first-order valence-electron chi connectivity index (χ1n) is 4.06. The first-order chi connectivity index (χ1) is 6.76. The fourth-order valence-electron chi connectivity index (χ4n) is 0.800. The second-order valence-electron chi connectivity index (χ2n) is 2.90. The van der Waals surface area contributed by atoms with Crippen LogP contribution in [0, 0.1) is 0 Å². The molecule has 7 nitrogen and oxygen atoms in total. The van der Waals surface area contributed by atoms with Crippen molar-refractivity contribution in [2.45, 2.75) is 18.6 Å². The zero-order valence-electron chi connectivity index (χ0n) is 7.94. The minimum absolute atomic E-state index is 0.148. The van der Waals surface area contributed by atoms with Gasteiger partial charge in [-0.15, -0.1) is 0 Å². The normalized spacial score (nSPS) is 15.7. The predicted octanol–water partition coefficient (Wildman–Crippen LogP) is -1.07. The van der Waals surface area contributed by atoms with Crippen LogP contribution >= 0.6 is 7.82 Å². The highest BCUT2D eigenvalue weighted by Gasteiger charge is 2.20. The molecule has 5 N–H and O–H groups in total. The molecule has 0 aliphatic heterocycles. The molecule has 0 fully saturated rings. The van der Waals surface area contributed by atoms with Crippen LogP contribution < -0.4 is 5.73 Å². The second-order valence-corrected chi connectivity index (χ2v) is 4.14. The minimum atomic E-state index is -4.56. The average molecular weight is 239 g/mol. The van der Waals surface area contributed by atoms with Crippen molar-refractivity contribution in [1.29, 1.82) is 0 Å². The van der Waals surface area contributed by atoms with E-state index in [1.165, 1.54) is 0 Å². The van der Waals surface area contributed by atoms with Gasteiger partial charge >= 0.3 is 7.82 Å². The van der Waals surface area contributed by atoms with Crippen LogP contribution in [0.5, 0.6) is 0 Å². The van der Waals surface area contributed by atoms with Gasteiger partial charge in [-0.1, -0.05) is 6.58 Å². The standard InChI is InChI=1S/C7H14NO6P/c1-2-6(9)7(10)3-5(8)4-14-15(11,12)13/h2,5,7,10H,1,3-4,8H2,(H2,11,12,13). The molecule has 0 spiro atoms. The maximum Gasteiger partial charge on any atom is 0.469 e. The molecule has 0 amide bonds. The van der Waals surface area contributed by atoms with Gasteiger partial charge < -0.3 is 20.6 Å². The molecule has 15 heavy (non-hydrogen) atoms. The Bertz CT molecular complexity index is 275. The number of rotatable bonds is 7. The molecule has 0 radical (unpaired) electrons. The fourth-order valence-corrected chi connectivity index (χ4v) is 1.19. The van der Waals surface area contributed by atoms with E-state index in [0.717, 1.165) is 6.08 Å². The first kappa shape index (κ1) is 14.4. The molecule has 0 bridgehead atoms. The highest BCUT2D eigenvalue weighted by molar-refractivity contribution is 7.46. The molecule has 0 heterocycles. The number of phosphoric acid groups is 1. The Balaban J connectivity index is 3.93. The molecular weight excluding hydrogens is 225 g/mol. The van der Waals surface area contributed by atoms with Gasteiger partial charge in [0.2, 0.25) is 0 Å². The van der Waals surface area contributed by atoms with E-state index < -0.39 is 32.4 Å². The van der Waals surface area contributed by atoms with Crippen molar-refractivity contribution in [2.24, 2.45) is 5.73 Å². The van der Waals surface area contributed by atoms with Crippen LogP contribution in [0.15, 0.2) is 12.7 Å². The van der Waals surface area contributed by atoms with Gasteiger partial charge in [-0.25, -0.2) is 4.57 Å². The molecule has 0 aliphatic carbocycles. The van der Waals surface area contributed by atoms with Gasteiger partial charge in [-0.3, -0.25) is 9.32 Å². The highest BCUT2D eigenvalue weighted by atomic mass is 31.2. The van der Waals surface area contributed by atoms with Gasteiger partial charge in [0.25, 0.3) is 0 Å². The van der Waals surface area contributed by atoms with E-state index in [1.807, 2.05) is 0 Å². The Kier molecular flexibility index (Phi) is 5.89. The number of hydrogen-bond donors (Lipinski definition) is 4. The molecule has 2 atom stereocenters. The highest BCUT2D eigenvalue weighted by Crippen LogP contribution is 2.35. The molecule has 88 valence electrons. The van der Waals surface area contributed by atoms with Crippen molar-refractivity contribution in [3.8, 4) is 0 Å². The van der Waals surface area contributed by atoms with Crippen LogP contribution in [0.2, 0.25) is 0 Å². The molecule has 0 aromatic rings. The fraction of sp³-hybridized carbons (Fsp3) is 0.571. The summed E-state index contributed by atoms with van der Waals surface area (Å²) in [5, 5.41) is 9.17. The maximum atomic E-state index is 10.8. The molecule has 0 aromatic carbocycles. The quantitative estimate of drug-likeness (QED) is 0.328. The van der Waals surface area contributed by atoms with Crippen molar-refractivity contribution in [2.75, 3.05) is 6.61 Å². The van der Waals surface area contributed by atoms with E-state index in [0.29, 0.717) is 0 Å². The maximum absolute atomic E-state index is 10.8. The number of phosphoric ester groups is 1. The third-order valence-electron chi connectivity index (χ3n) is 1.51. The van der Waals surface area contributed by atoms with E-state index in [2.05, 4.69) is 11.1 Å². The predicted molar refractivity (Wildman–Crippen MR) is 51.8 cm³/mol. The molecule has 0 aliphatic rings. The van der Waals surface area contributed by atoms with E-state index >= 15 is 0 Å². The summed E-state index contributed by atoms with van der Waals surface area (Å²) in [6.45, 7) is 2.73. The lowest BCUT2D eigenvalue weighted by molar-refractivity contribution is -0.122. The molecule has 0 rings (SSSR count). The van der Waals surface area contributed by atoms with Crippen molar-refractivity contribution >= 4 is 13.6 Å². The summed E-state index contributed by atoms with van der Waals surface area (Å²) in [7, 11) is -4.56. The summed E-state index contributed by atoms with van der Waals surface area (Å²) in [5.41, 5.74) is 5.36. The van der Waals surface area contributed by atoms with Crippen LogP contribution in [-0.2, 0) is 13.9 Å². The largest absolute Gasteiger partial charge is 0.469 e. The summed E-state index contributed by atoms with van der Waals surface area (Å²) in [6, 6.07) is -0.837. The number of hydrogen-bond acceptors (Lipinski definition) is 5. The smallest absolute Gasteiger partial charge is 0.385 e. The van der Waals surface area contributed by atoms with E-state index in [1.54, 1.807) is 0 Å². The zero-order valence-corrected chi connectivity index (χ0v) is 8.84. The number of nitrogens with two attached hydrogens (primary N) is 1. The lowest BCUT2D eigenvalue weighted by Gasteiger charge is -2.14. The minimum Gasteiger partial charge on any atom is -0.385 e. The van der Waals surface area contributed by atoms with E-state index in [-0.39, 0.29) is 6.42 Å². The Morgan fingerprint density at radius 2 is 2.13 bits per heavy atom. The number of carbonyl (C=O) groups is 1. The SMILES string of the molecule is C=CC(=O)C(O)CC(N)COP(=O)(O)O. The Hall–Kier alpha value is -0.560. The van der Waals surface area contributed by atoms with Crippen molar-refractivity contribution in [3.05, 3.63) is 12.7 Å². The topological polar surface area (TPSA) is 130 Å². The summed E-state index contributed by atoms with van der Waals surface area (Å²) in [4.78, 5) is 27.5. The van der Waals surface area contributed by atoms with Crippen molar-refractivity contribution in [1.82, 2.24) is 0 Å². The number of aliphatic hydroxyl groups excluding tert-OH is 1. The van der Waals surface area contributed by atoms with Crippen LogP contribution in [0.3, 0.4) is 0 Å². The first-order valence-corrected chi connectivity index (χ1v) is 5.59. The summed E-state index contributed by atoms with van der Waals surface area (Å²) in [5.74, 6) is -0.596. The molecule has 2 unspecified atom stereocenters. The van der Waals surface area contributed by atoms with Gasteiger partial charge in [-0.2, -0.15) is 0 Å². The lowest BCUT2D eigenvalue weighted by Crippen LogP contribution is -2.33. The Morgan fingerprint density at radius 3 is 2.53 bits per heavy atom. The monoisotopic (exact) mass is 239 g/mol. The number of aliphatic hydroxyl groups is 1. The van der Waals surface area contributed by atoms with Gasteiger partial charge in [0.1, 0.15) is 6.10 Å². The second kappa shape index (κ2) is 6.12. The summed E-state index contributed by atoms with van der Waals surface area (Å²) < 4.78 is 14.4. The third kappa shape index (κ3) is 7.38. The van der Waals surface area contributed by atoms with Gasteiger partial charge in [0, 0.05) is 6.04 Å². The zero-order chi connectivity index (χ0) is 12.1. The van der Waals surface area contributed by atoms with Crippen molar-refractivity contribution < 1.29 is 28.8 Å². The molecule has 0 aromatic heterocycles. The van der Waals surface area contributed by atoms with Crippen LogP contribution in [-0.4, -0.2) is 39.4 Å². The average Bonchev–Trinajstić information content (AvgIpc) is 2.12. The molecule has 8 heteroatoms. The summed E-state index contributed by atoms with van der Waals surface area (Å²) in [6.07, 6.45) is -0.524. The Labute approximate surface area is 86.8 Å². The lowest BCUT2D eigenvalue weighted by atomic mass is 10.1. The number of carbonyl (C=O) groups excluding carboxylic acids is 1. The van der Waals surface area contributed by atoms with Crippen LogP contribution in [0.25, 0.3) is 0 Å². The van der Waals surface area contributed by atoms with E-state index in [9.17, 15) is 9.36 Å². The molecule has 0 saturated carbocycles. The molecular formula is C7H14NO6P. The Morgan fingerprint density at radius 1 is 1.60 bits per heavy atom. The summed E-state index contributed by atoms with van der Waals surface area (Å²) >= 11 is 0. The van der Waals surface area contributed by atoms with Crippen LogP contribution in [0.1, 0.15) is 6.42 Å². The van der Waals surface area contributed by atoms with Gasteiger partial charge in [0.05, 0.1) is 6.61 Å². The van der Waals surface area contributed by atoms with Gasteiger partial charge in [0.15, 0.2) is 5.78 Å².